The van der Waals surface area contributed by atoms with Crippen LogP contribution in [0, 0.1) is 0 Å². The number of carbonyl (C=O) groups is 1. The third kappa shape index (κ3) is 1.61. The summed E-state index contributed by atoms with van der Waals surface area (Å²) >= 11 is 6.76. The van der Waals surface area contributed by atoms with E-state index in [1.807, 2.05) is 18.2 Å². The van der Waals surface area contributed by atoms with E-state index in [0.717, 1.165) is 15.8 Å². The van der Waals surface area contributed by atoms with Crippen molar-refractivity contribution < 1.29 is 9.53 Å². The van der Waals surface area contributed by atoms with E-state index in [0.29, 0.717) is 4.88 Å². The summed E-state index contributed by atoms with van der Waals surface area (Å²) in [6.07, 6.45) is 0. The lowest BCUT2D eigenvalue weighted by Crippen LogP contribution is -1.79. The predicted octanol–water partition coefficient (Wildman–Crippen LogP) is 3.29. The molecule has 0 bridgehead atoms. The summed E-state index contributed by atoms with van der Waals surface area (Å²) in [5, 5.41) is 0.602. The fraction of sp³-hybridized carbons (Fsp3) is 0.100. The van der Waals surface area contributed by atoms with E-state index in [-0.39, 0.29) is 0 Å². The molecule has 1 heterocycles. The van der Waals surface area contributed by atoms with Gasteiger partial charge in [-0.05, 0) is 41.3 Å². The number of hydrogen-bond donors (Lipinski definition) is 0. The summed E-state index contributed by atoms with van der Waals surface area (Å²) in [4.78, 5) is 11.5. The van der Waals surface area contributed by atoms with E-state index in [1.54, 1.807) is 13.2 Å². The van der Waals surface area contributed by atoms with Gasteiger partial charge < -0.3 is 4.74 Å². The summed E-state index contributed by atoms with van der Waals surface area (Å²) in [5.41, 5.74) is 0. The average Bonchev–Trinajstić information content (AvgIpc) is 2.59. The van der Waals surface area contributed by atoms with Crippen molar-refractivity contribution in [1.82, 2.24) is 0 Å². The third-order valence-electron chi connectivity index (χ3n) is 1.92. The second kappa shape index (κ2) is 3.59. The maximum absolute atomic E-state index is 10.9. The molecule has 0 spiro atoms. The van der Waals surface area contributed by atoms with Gasteiger partial charge in [-0.3, -0.25) is 4.79 Å². The minimum atomic E-state index is -0.412. The largest absolute Gasteiger partial charge is 0.497 e. The Kier molecular flexibility index (Phi) is 2.44. The molecule has 0 N–H and O–H groups in total. The first kappa shape index (κ1) is 9.49. The van der Waals surface area contributed by atoms with E-state index in [4.69, 9.17) is 16.3 Å². The molecule has 0 aliphatic carbocycles. The van der Waals surface area contributed by atoms with Crippen molar-refractivity contribution in [2.24, 2.45) is 0 Å². The lowest BCUT2D eigenvalue weighted by atomic mass is 10.2. The van der Waals surface area contributed by atoms with Crippen molar-refractivity contribution in [2.75, 3.05) is 7.11 Å². The molecule has 2 aromatic rings. The van der Waals surface area contributed by atoms with Crippen molar-refractivity contribution >= 4 is 38.3 Å². The zero-order chi connectivity index (χ0) is 10.1. The molecule has 72 valence electrons. The molecular formula is C10H7ClO2S. The Hall–Kier alpha value is -1.06. The van der Waals surface area contributed by atoms with E-state index in [9.17, 15) is 4.79 Å². The van der Waals surface area contributed by atoms with Crippen LogP contribution in [0.5, 0.6) is 5.75 Å². The van der Waals surface area contributed by atoms with Crippen LogP contribution in [0.2, 0.25) is 0 Å². The molecule has 0 aliphatic rings. The van der Waals surface area contributed by atoms with Gasteiger partial charge in [0.05, 0.1) is 12.0 Å². The average molecular weight is 227 g/mol. The molecule has 0 radical (unpaired) electrons. The molecular weight excluding hydrogens is 220 g/mol. The predicted molar refractivity (Wildman–Crippen MR) is 58.6 cm³/mol. The Morgan fingerprint density at radius 2 is 2.21 bits per heavy atom. The van der Waals surface area contributed by atoms with Gasteiger partial charge in [0, 0.05) is 4.70 Å². The molecule has 1 aromatic heterocycles. The maximum Gasteiger partial charge on any atom is 0.262 e. The van der Waals surface area contributed by atoms with Crippen LogP contribution in [0.25, 0.3) is 10.1 Å². The van der Waals surface area contributed by atoms with Crippen LogP contribution >= 0.6 is 22.9 Å². The lowest BCUT2D eigenvalue weighted by Gasteiger charge is -1.97. The highest BCUT2D eigenvalue weighted by atomic mass is 35.5. The molecule has 0 fully saturated rings. The van der Waals surface area contributed by atoms with Crippen molar-refractivity contribution in [3.05, 3.63) is 29.1 Å². The molecule has 14 heavy (non-hydrogen) atoms. The Morgan fingerprint density at radius 1 is 1.43 bits per heavy atom. The van der Waals surface area contributed by atoms with E-state index in [1.165, 1.54) is 11.3 Å². The van der Waals surface area contributed by atoms with Gasteiger partial charge in [-0.25, -0.2) is 0 Å². The third-order valence-corrected chi connectivity index (χ3v) is 3.33. The first-order chi connectivity index (χ1) is 6.70. The molecule has 0 saturated heterocycles. The summed E-state index contributed by atoms with van der Waals surface area (Å²) < 4.78 is 6.09. The van der Waals surface area contributed by atoms with Crippen LogP contribution in [0.15, 0.2) is 24.3 Å². The lowest BCUT2D eigenvalue weighted by molar-refractivity contribution is 0.108. The van der Waals surface area contributed by atoms with Crippen LogP contribution in [0.4, 0.5) is 0 Å². The Bertz CT molecular complexity index is 490. The number of fused-ring (bicyclic) bond motifs is 1. The quantitative estimate of drug-likeness (QED) is 0.735. The summed E-state index contributed by atoms with van der Waals surface area (Å²) in [6.45, 7) is 0. The smallest absolute Gasteiger partial charge is 0.262 e. The van der Waals surface area contributed by atoms with Gasteiger partial charge in [0.15, 0.2) is 0 Å². The zero-order valence-electron chi connectivity index (χ0n) is 7.41. The SMILES string of the molecule is COc1ccc2cc(C(=O)Cl)sc2c1. The van der Waals surface area contributed by atoms with Crippen LogP contribution in [-0.4, -0.2) is 12.4 Å². The highest BCUT2D eigenvalue weighted by molar-refractivity contribution is 7.22. The summed E-state index contributed by atoms with van der Waals surface area (Å²) in [5.74, 6) is 0.785. The summed E-state index contributed by atoms with van der Waals surface area (Å²) in [6, 6.07) is 7.45. The van der Waals surface area contributed by atoms with Gasteiger partial charge in [0.25, 0.3) is 5.24 Å². The van der Waals surface area contributed by atoms with Gasteiger partial charge in [-0.2, -0.15) is 0 Å². The van der Waals surface area contributed by atoms with Gasteiger partial charge in [0.1, 0.15) is 5.75 Å². The molecule has 0 amide bonds. The number of hydrogen-bond acceptors (Lipinski definition) is 3. The highest BCUT2D eigenvalue weighted by Crippen LogP contribution is 2.29. The standard InChI is InChI=1S/C10H7ClO2S/c1-13-7-3-2-6-4-9(10(11)12)14-8(6)5-7/h2-5H,1H3. The fourth-order valence-electron chi connectivity index (χ4n) is 1.24. The van der Waals surface area contributed by atoms with Crippen LogP contribution in [-0.2, 0) is 0 Å². The molecule has 0 aliphatic heterocycles. The maximum atomic E-state index is 10.9. The Morgan fingerprint density at radius 3 is 2.86 bits per heavy atom. The molecule has 2 nitrogen and oxygen atoms in total. The second-order valence-corrected chi connectivity index (χ2v) is 4.22. The summed E-state index contributed by atoms with van der Waals surface area (Å²) in [7, 11) is 1.61. The topological polar surface area (TPSA) is 26.3 Å². The first-order valence-corrected chi connectivity index (χ1v) is 5.17. The Balaban J connectivity index is 2.60. The van der Waals surface area contributed by atoms with E-state index < -0.39 is 5.24 Å². The molecule has 0 unspecified atom stereocenters. The molecule has 0 saturated carbocycles. The van der Waals surface area contributed by atoms with Crippen LogP contribution in [0.3, 0.4) is 0 Å². The monoisotopic (exact) mass is 226 g/mol. The van der Waals surface area contributed by atoms with Gasteiger partial charge in [-0.1, -0.05) is 0 Å². The fourth-order valence-corrected chi connectivity index (χ4v) is 2.33. The van der Waals surface area contributed by atoms with Gasteiger partial charge in [-0.15, -0.1) is 11.3 Å². The molecule has 1 aromatic carbocycles. The first-order valence-electron chi connectivity index (χ1n) is 3.98. The highest BCUT2D eigenvalue weighted by Gasteiger charge is 2.07. The van der Waals surface area contributed by atoms with Crippen molar-refractivity contribution in [3.8, 4) is 5.75 Å². The van der Waals surface area contributed by atoms with Crippen molar-refractivity contribution in [2.45, 2.75) is 0 Å². The number of rotatable bonds is 2. The van der Waals surface area contributed by atoms with Gasteiger partial charge >= 0.3 is 0 Å². The minimum Gasteiger partial charge on any atom is -0.497 e. The molecule has 0 atom stereocenters. The molecule has 2 rings (SSSR count). The van der Waals surface area contributed by atoms with Crippen molar-refractivity contribution in [3.63, 3.8) is 0 Å². The zero-order valence-corrected chi connectivity index (χ0v) is 8.98. The number of thiophene rings is 1. The number of ether oxygens (including phenoxy) is 1. The number of methoxy groups -OCH3 is 1. The van der Waals surface area contributed by atoms with Crippen LogP contribution < -0.4 is 4.74 Å². The van der Waals surface area contributed by atoms with Crippen LogP contribution in [0.1, 0.15) is 9.67 Å². The van der Waals surface area contributed by atoms with E-state index in [2.05, 4.69) is 0 Å². The molecule has 4 heteroatoms. The normalized spacial score (nSPS) is 10.4. The Labute approximate surface area is 90.1 Å². The number of carbonyl (C=O) groups excluding carboxylic acids is 1. The van der Waals surface area contributed by atoms with Crippen molar-refractivity contribution in [1.29, 1.82) is 0 Å². The number of benzene rings is 1. The van der Waals surface area contributed by atoms with Gasteiger partial charge in [0.2, 0.25) is 0 Å². The van der Waals surface area contributed by atoms with E-state index >= 15 is 0 Å². The number of halogens is 1. The minimum absolute atomic E-state index is 0.412. The second-order valence-electron chi connectivity index (χ2n) is 2.79.